The van der Waals surface area contributed by atoms with E-state index in [9.17, 15) is 4.79 Å². The quantitative estimate of drug-likeness (QED) is 0.777. The Kier molecular flexibility index (Phi) is 3.96. The van der Waals surface area contributed by atoms with Crippen molar-refractivity contribution in [2.45, 2.75) is 70.3 Å². The smallest absolute Gasteiger partial charge is 0.153 e. The third kappa shape index (κ3) is 2.45. The second kappa shape index (κ2) is 5.44. The molecule has 5 unspecified atom stereocenters. The van der Waals surface area contributed by atoms with Gasteiger partial charge in [-0.3, -0.25) is 9.69 Å². The highest BCUT2D eigenvalue weighted by atomic mass is 16.1. The normalized spacial score (nSPS) is 44.2. The number of likely N-dealkylation sites (N-methyl/N-ethyl adjacent to an activating group) is 1. The van der Waals surface area contributed by atoms with Crippen molar-refractivity contribution in [3.8, 4) is 0 Å². The molecule has 2 heteroatoms. The Morgan fingerprint density at radius 2 is 2.00 bits per heavy atom. The van der Waals surface area contributed by atoms with Crippen LogP contribution >= 0.6 is 0 Å². The molecule has 5 atom stereocenters. The molecule has 3 fully saturated rings. The Balaban J connectivity index is 1.69. The maximum Gasteiger partial charge on any atom is 0.153 e. The number of carbonyl (C=O) groups is 1. The van der Waals surface area contributed by atoms with E-state index in [1.54, 1.807) is 0 Å². The minimum absolute atomic E-state index is 0.139. The van der Waals surface area contributed by atoms with Gasteiger partial charge in [-0.2, -0.15) is 0 Å². The van der Waals surface area contributed by atoms with Crippen molar-refractivity contribution >= 4 is 5.78 Å². The zero-order chi connectivity index (χ0) is 14.3. The molecule has 0 aromatic rings. The SMILES string of the molecule is CC1CCCC(C(=O)CC2CC3CCC2C3)(N(C)C)C1. The predicted octanol–water partition coefficient (Wildman–Crippen LogP) is 3.89. The predicted molar refractivity (Wildman–Crippen MR) is 82.6 cm³/mol. The van der Waals surface area contributed by atoms with Crippen LogP contribution in [0.4, 0.5) is 0 Å². The van der Waals surface area contributed by atoms with Gasteiger partial charge >= 0.3 is 0 Å². The molecule has 114 valence electrons. The van der Waals surface area contributed by atoms with Gasteiger partial charge in [0.1, 0.15) is 0 Å². The van der Waals surface area contributed by atoms with Crippen LogP contribution in [0.2, 0.25) is 0 Å². The summed E-state index contributed by atoms with van der Waals surface area (Å²) in [4.78, 5) is 15.3. The van der Waals surface area contributed by atoms with Crippen LogP contribution in [-0.4, -0.2) is 30.3 Å². The minimum atomic E-state index is -0.139. The van der Waals surface area contributed by atoms with Crippen molar-refractivity contribution in [3.05, 3.63) is 0 Å². The molecule has 0 amide bonds. The van der Waals surface area contributed by atoms with E-state index in [2.05, 4.69) is 25.9 Å². The van der Waals surface area contributed by atoms with Gasteiger partial charge in [-0.25, -0.2) is 0 Å². The van der Waals surface area contributed by atoms with Crippen LogP contribution in [0.25, 0.3) is 0 Å². The van der Waals surface area contributed by atoms with Crippen molar-refractivity contribution in [1.29, 1.82) is 0 Å². The molecular formula is C18H31NO. The van der Waals surface area contributed by atoms with Crippen molar-refractivity contribution in [2.24, 2.45) is 23.7 Å². The Hall–Kier alpha value is -0.370. The fourth-order valence-corrected chi connectivity index (χ4v) is 5.49. The van der Waals surface area contributed by atoms with Gasteiger partial charge in [0.05, 0.1) is 5.54 Å². The molecule has 3 aliphatic rings. The molecule has 0 aliphatic heterocycles. The molecule has 0 spiro atoms. The molecule has 0 radical (unpaired) electrons. The maximum atomic E-state index is 13.1. The molecule has 0 saturated heterocycles. The summed E-state index contributed by atoms with van der Waals surface area (Å²) in [6, 6.07) is 0. The average molecular weight is 277 g/mol. The Labute approximate surface area is 124 Å². The largest absolute Gasteiger partial charge is 0.298 e. The van der Waals surface area contributed by atoms with Crippen molar-refractivity contribution in [2.75, 3.05) is 14.1 Å². The first-order valence-electron chi connectivity index (χ1n) is 8.72. The van der Waals surface area contributed by atoms with Gasteiger partial charge in [0.15, 0.2) is 5.78 Å². The zero-order valence-corrected chi connectivity index (χ0v) is 13.5. The van der Waals surface area contributed by atoms with Crippen LogP contribution < -0.4 is 0 Å². The van der Waals surface area contributed by atoms with E-state index in [4.69, 9.17) is 0 Å². The number of hydrogen-bond donors (Lipinski definition) is 0. The van der Waals surface area contributed by atoms with Gasteiger partial charge in [-0.1, -0.05) is 26.2 Å². The minimum Gasteiger partial charge on any atom is -0.298 e. The molecule has 2 nitrogen and oxygen atoms in total. The summed E-state index contributed by atoms with van der Waals surface area (Å²) in [7, 11) is 4.24. The number of fused-ring (bicyclic) bond motifs is 2. The van der Waals surface area contributed by atoms with E-state index >= 15 is 0 Å². The van der Waals surface area contributed by atoms with Crippen molar-refractivity contribution < 1.29 is 4.79 Å². The summed E-state index contributed by atoms with van der Waals surface area (Å²) in [5.74, 6) is 3.82. The molecule has 0 heterocycles. The summed E-state index contributed by atoms with van der Waals surface area (Å²) in [6.45, 7) is 2.32. The summed E-state index contributed by atoms with van der Waals surface area (Å²) in [5, 5.41) is 0. The lowest BCUT2D eigenvalue weighted by Crippen LogP contribution is -2.54. The lowest BCUT2D eigenvalue weighted by atomic mass is 9.70. The lowest BCUT2D eigenvalue weighted by molar-refractivity contribution is -0.134. The Bertz CT molecular complexity index is 378. The van der Waals surface area contributed by atoms with E-state index < -0.39 is 0 Å². The summed E-state index contributed by atoms with van der Waals surface area (Å²) in [5.41, 5.74) is -0.139. The standard InChI is InChI=1S/C18H31NO/c1-13-5-4-8-18(12-13,19(2)3)17(20)11-16-10-14-6-7-15(16)9-14/h13-16H,4-12H2,1-3H3. The van der Waals surface area contributed by atoms with E-state index in [1.165, 1.54) is 38.5 Å². The van der Waals surface area contributed by atoms with Gasteiger partial charge in [-0.15, -0.1) is 0 Å². The molecule has 2 bridgehead atoms. The Morgan fingerprint density at radius 3 is 2.55 bits per heavy atom. The van der Waals surface area contributed by atoms with Crippen LogP contribution in [0.5, 0.6) is 0 Å². The van der Waals surface area contributed by atoms with E-state index in [-0.39, 0.29) is 5.54 Å². The van der Waals surface area contributed by atoms with Crippen LogP contribution in [0.3, 0.4) is 0 Å². The molecular weight excluding hydrogens is 246 g/mol. The molecule has 3 rings (SSSR count). The van der Waals surface area contributed by atoms with Gasteiger partial charge < -0.3 is 0 Å². The fourth-order valence-electron chi connectivity index (χ4n) is 5.49. The van der Waals surface area contributed by atoms with Crippen LogP contribution in [-0.2, 0) is 4.79 Å². The van der Waals surface area contributed by atoms with Gasteiger partial charge in [-0.05, 0) is 69.9 Å². The highest BCUT2D eigenvalue weighted by molar-refractivity contribution is 5.88. The third-order valence-electron chi connectivity index (χ3n) is 6.68. The first-order valence-corrected chi connectivity index (χ1v) is 8.72. The summed E-state index contributed by atoms with van der Waals surface area (Å²) >= 11 is 0. The number of carbonyl (C=O) groups excluding carboxylic acids is 1. The Morgan fingerprint density at radius 1 is 1.20 bits per heavy atom. The van der Waals surface area contributed by atoms with Crippen LogP contribution in [0.15, 0.2) is 0 Å². The number of hydrogen-bond acceptors (Lipinski definition) is 2. The number of Topliss-reactive ketones (excluding diaryl/α,β-unsaturated/α-hetero) is 1. The molecule has 0 aromatic heterocycles. The number of ketones is 1. The lowest BCUT2D eigenvalue weighted by Gasteiger charge is -2.44. The van der Waals surface area contributed by atoms with Crippen molar-refractivity contribution in [1.82, 2.24) is 4.90 Å². The van der Waals surface area contributed by atoms with Gasteiger partial charge in [0, 0.05) is 6.42 Å². The molecule has 20 heavy (non-hydrogen) atoms. The van der Waals surface area contributed by atoms with Crippen molar-refractivity contribution in [3.63, 3.8) is 0 Å². The highest BCUT2D eigenvalue weighted by Crippen LogP contribution is 2.50. The highest BCUT2D eigenvalue weighted by Gasteiger charge is 2.46. The molecule has 3 saturated carbocycles. The second-order valence-corrected chi connectivity index (χ2v) is 8.19. The van der Waals surface area contributed by atoms with E-state index in [0.717, 1.165) is 37.0 Å². The first-order chi connectivity index (χ1) is 9.51. The maximum absolute atomic E-state index is 13.1. The van der Waals surface area contributed by atoms with Gasteiger partial charge in [0.2, 0.25) is 0 Å². The molecule has 0 aromatic carbocycles. The van der Waals surface area contributed by atoms with Gasteiger partial charge in [0.25, 0.3) is 0 Å². The monoisotopic (exact) mass is 277 g/mol. The van der Waals surface area contributed by atoms with Crippen LogP contribution in [0.1, 0.15) is 64.7 Å². The second-order valence-electron chi connectivity index (χ2n) is 8.19. The fraction of sp³-hybridized carbons (Fsp3) is 0.944. The third-order valence-corrected chi connectivity index (χ3v) is 6.68. The van der Waals surface area contributed by atoms with E-state index in [0.29, 0.717) is 11.7 Å². The topological polar surface area (TPSA) is 20.3 Å². The summed E-state index contributed by atoms with van der Waals surface area (Å²) < 4.78 is 0. The summed E-state index contributed by atoms with van der Waals surface area (Å²) in [6.07, 6.45) is 11.2. The average Bonchev–Trinajstić information content (AvgIpc) is 3.00. The zero-order valence-electron chi connectivity index (χ0n) is 13.5. The number of rotatable bonds is 4. The first kappa shape index (κ1) is 14.6. The number of nitrogens with zero attached hydrogens (tertiary/aromatic N) is 1. The van der Waals surface area contributed by atoms with Crippen LogP contribution in [0, 0.1) is 23.7 Å². The molecule has 0 N–H and O–H groups in total. The van der Waals surface area contributed by atoms with E-state index in [1.807, 2.05) is 0 Å². The molecule has 3 aliphatic carbocycles.